The van der Waals surface area contributed by atoms with E-state index in [4.69, 9.17) is 14.2 Å². The molecule has 0 aliphatic carbocycles. The summed E-state index contributed by atoms with van der Waals surface area (Å²) in [6.07, 6.45) is -0.833. The third-order valence-electron chi connectivity index (χ3n) is 5.23. The Morgan fingerprint density at radius 3 is 2.51 bits per heavy atom. The molecule has 2 heterocycles. The van der Waals surface area contributed by atoms with E-state index in [0.29, 0.717) is 24.5 Å². The summed E-state index contributed by atoms with van der Waals surface area (Å²) >= 11 is 1.000. The molecule has 0 spiro atoms. The van der Waals surface area contributed by atoms with E-state index in [1.807, 2.05) is 0 Å². The van der Waals surface area contributed by atoms with Crippen molar-refractivity contribution in [2.45, 2.75) is 25.1 Å². The maximum Gasteiger partial charge on any atom is 0.357 e. The van der Waals surface area contributed by atoms with Gasteiger partial charge in [0.05, 0.1) is 19.8 Å². The number of esters is 1. The fourth-order valence-corrected chi connectivity index (χ4v) is 4.04. The maximum absolute atomic E-state index is 13.2. The van der Waals surface area contributed by atoms with Crippen molar-refractivity contribution in [3.05, 3.63) is 40.9 Å². The number of urea groups is 1. The number of nitrogens with zero attached hydrogens (tertiary/aromatic N) is 2. The molecule has 2 N–H and O–H groups in total. The van der Waals surface area contributed by atoms with Gasteiger partial charge in [-0.15, -0.1) is 11.3 Å². The van der Waals surface area contributed by atoms with Crippen LogP contribution in [0.5, 0.6) is 5.75 Å². The first kappa shape index (κ1) is 26.1. The molecule has 4 amide bonds. The number of ether oxygens (including phenoxy) is 4. The molecule has 13 heteroatoms. The molecular weight excluding hydrogens is 480 g/mol. The Morgan fingerprint density at radius 2 is 1.89 bits per heavy atom. The van der Waals surface area contributed by atoms with E-state index >= 15 is 0 Å². The zero-order chi connectivity index (χ0) is 25.5. The summed E-state index contributed by atoms with van der Waals surface area (Å²) in [7, 11) is 4.15. The van der Waals surface area contributed by atoms with Crippen molar-refractivity contribution in [1.82, 2.24) is 15.2 Å². The summed E-state index contributed by atoms with van der Waals surface area (Å²) in [5.41, 5.74) is 0.547. The molecule has 3 rings (SSSR count). The summed E-state index contributed by atoms with van der Waals surface area (Å²) in [5.74, 6) is -1.38. The number of amides is 4. The molecule has 1 aromatic heterocycles. The van der Waals surface area contributed by atoms with E-state index in [1.54, 1.807) is 38.3 Å². The third-order valence-corrected chi connectivity index (χ3v) is 5.99. The quantitative estimate of drug-likeness (QED) is 0.264. The number of anilines is 1. The molecule has 1 aliphatic rings. The van der Waals surface area contributed by atoms with E-state index in [0.717, 1.165) is 16.2 Å². The van der Waals surface area contributed by atoms with E-state index in [1.165, 1.54) is 19.6 Å². The van der Waals surface area contributed by atoms with Gasteiger partial charge in [-0.25, -0.2) is 19.5 Å². The van der Waals surface area contributed by atoms with Gasteiger partial charge in [-0.2, -0.15) is 0 Å². The SMILES string of the molecule is COCCOc1ccc(C2NC(=O)N([C@H](C(=O)Nc3nc(C(=O)OC)cs3)[C@@H](C)OC)C2=O)cc1. The Balaban J connectivity index is 1.77. The lowest BCUT2D eigenvalue weighted by Crippen LogP contribution is -2.53. The van der Waals surface area contributed by atoms with Crippen LogP contribution in [0.25, 0.3) is 0 Å². The van der Waals surface area contributed by atoms with Gasteiger partial charge in [0.2, 0.25) is 0 Å². The Hall–Kier alpha value is -3.55. The largest absolute Gasteiger partial charge is 0.491 e. The van der Waals surface area contributed by atoms with Crippen LogP contribution in [0.2, 0.25) is 0 Å². The van der Waals surface area contributed by atoms with Crippen molar-refractivity contribution in [3.63, 3.8) is 0 Å². The van der Waals surface area contributed by atoms with Gasteiger partial charge < -0.3 is 29.6 Å². The number of rotatable bonds is 11. The molecule has 1 fully saturated rings. The Bertz CT molecular complexity index is 1070. The molecule has 2 aromatic rings. The lowest BCUT2D eigenvalue weighted by atomic mass is 10.1. The molecule has 0 bridgehead atoms. The van der Waals surface area contributed by atoms with Crippen LogP contribution < -0.4 is 15.4 Å². The van der Waals surface area contributed by atoms with Gasteiger partial charge in [0.1, 0.15) is 24.4 Å². The predicted octanol–water partition coefficient (Wildman–Crippen LogP) is 1.59. The van der Waals surface area contributed by atoms with Crippen LogP contribution >= 0.6 is 11.3 Å². The molecule has 0 radical (unpaired) electrons. The first-order valence-corrected chi connectivity index (χ1v) is 11.4. The Morgan fingerprint density at radius 1 is 1.17 bits per heavy atom. The van der Waals surface area contributed by atoms with Gasteiger partial charge in [-0.3, -0.25) is 9.59 Å². The lowest BCUT2D eigenvalue weighted by Gasteiger charge is -2.28. The normalized spacial score (nSPS) is 17.0. The number of hydrogen-bond donors (Lipinski definition) is 2. The van der Waals surface area contributed by atoms with Gasteiger partial charge in [-0.1, -0.05) is 12.1 Å². The second-order valence-electron chi connectivity index (χ2n) is 7.41. The summed E-state index contributed by atoms with van der Waals surface area (Å²) in [4.78, 5) is 55.6. The minimum Gasteiger partial charge on any atom is -0.491 e. The fraction of sp³-hybridized carbons (Fsp3) is 0.409. The average Bonchev–Trinajstić information content (AvgIpc) is 3.44. The number of nitrogens with one attached hydrogen (secondary N) is 2. The minimum absolute atomic E-state index is 0.0221. The van der Waals surface area contributed by atoms with Crippen molar-refractivity contribution in [2.75, 3.05) is 39.9 Å². The zero-order valence-corrected chi connectivity index (χ0v) is 20.4. The monoisotopic (exact) mass is 506 g/mol. The second kappa shape index (κ2) is 11.7. The van der Waals surface area contributed by atoms with E-state index in [9.17, 15) is 19.2 Å². The van der Waals surface area contributed by atoms with Crippen molar-refractivity contribution < 1.29 is 38.1 Å². The van der Waals surface area contributed by atoms with E-state index in [2.05, 4.69) is 20.4 Å². The Kier molecular flexibility index (Phi) is 8.73. The van der Waals surface area contributed by atoms with Crippen molar-refractivity contribution in [2.24, 2.45) is 0 Å². The highest BCUT2D eigenvalue weighted by atomic mass is 32.1. The van der Waals surface area contributed by atoms with Crippen molar-refractivity contribution in [3.8, 4) is 5.75 Å². The zero-order valence-electron chi connectivity index (χ0n) is 19.6. The average molecular weight is 507 g/mol. The van der Waals surface area contributed by atoms with Gasteiger partial charge in [0, 0.05) is 19.6 Å². The number of aromatic nitrogens is 1. The number of carbonyl (C=O) groups is 4. The first-order valence-electron chi connectivity index (χ1n) is 10.5. The van der Waals surface area contributed by atoms with Gasteiger partial charge >= 0.3 is 12.0 Å². The van der Waals surface area contributed by atoms with Gasteiger partial charge in [0.25, 0.3) is 11.8 Å². The third kappa shape index (κ3) is 5.93. The molecule has 1 saturated heterocycles. The lowest BCUT2D eigenvalue weighted by molar-refractivity contribution is -0.137. The highest BCUT2D eigenvalue weighted by Crippen LogP contribution is 2.27. The number of imide groups is 1. The fourth-order valence-electron chi connectivity index (χ4n) is 3.36. The van der Waals surface area contributed by atoms with Gasteiger partial charge in [0.15, 0.2) is 10.8 Å². The first-order chi connectivity index (χ1) is 16.8. The van der Waals surface area contributed by atoms with Crippen LogP contribution in [-0.2, 0) is 23.8 Å². The van der Waals surface area contributed by atoms with Crippen LogP contribution in [0, 0.1) is 0 Å². The van der Waals surface area contributed by atoms with Crippen LogP contribution in [0.15, 0.2) is 29.6 Å². The number of hydrogen-bond acceptors (Lipinski definition) is 10. The molecule has 1 aliphatic heterocycles. The number of methoxy groups -OCH3 is 3. The van der Waals surface area contributed by atoms with Crippen LogP contribution in [0.4, 0.5) is 9.93 Å². The molecule has 0 saturated carbocycles. The minimum atomic E-state index is -1.29. The standard InChI is InChI=1S/C22H26N4O8S/c1-12(32-3)17(18(27)25-21-23-15(11-35-21)20(29)33-4)26-19(28)16(24-22(26)30)13-5-7-14(8-6-13)34-10-9-31-2/h5-8,11-12,16-17H,9-10H2,1-4H3,(H,24,30)(H,23,25,27)/t12-,16?,17+/m1/s1. The van der Waals surface area contributed by atoms with Gasteiger partial charge in [-0.05, 0) is 24.6 Å². The van der Waals surface area contributed by atoms with Crippen LogP contribution in [0.1, 0.15) is 29.0 Å². The number of thiazole rings is 1. The molecule has 1 unspecified atom stereocenters. The summed E-state index contributed by atoms with van der Waals surface area (Å²) in [5, 5.41) is 6.68. The smallest absolute Gasteiger partial charge is 0.357 e. The van der Waals surface area contributed by atoms with Crippen molar-refractivity contribution in [1.29, 1.82) is 0 Å². The second-order valence-corrected chi connectivity index (χ2v) is 8.26. The molecule has 1 aromatic carbocycles. The molecule has 35 heavy (non-hydrogen) atoms. The van der Waals surface area contributed by atoms with Crippen LogP contribution in [-0.4, -0.2) is 80.4 Å². The summed E-state index contributed by atoms with van der Waals surface area (Å²) in [6.45, 7) is 2.36. The van der Waals surface area contributed by atoms with Crippen LogP contribution in [0.3, 0.4) is 0 Å². The molecule has 12 nitrogen and oxygen atoms in total. The van der Waals surface area contributed by atoms with E-state index < -0.39 is 42.0 Å². The maximum atomic E-state index is 13.2. The van der Waals surface area contributed by atoms with Crippen molar-refractivity contribution >= 4 is 40.3 Å². The molecular formula is C22H26N4O8S. The topological polar surface area (TPSA) is 145 Å². The predicted molar refractivity (Wildman–Crippen MR) is 124 cm³/mol. The summed E-state index contributed by atoms with van der Waals surface area (Å²) in [6, 6.07) is 3.66. The van der Waals surface area contributed by atoms with E-state index in [-0.39, 0.29) is 10.8 Å². The number of carbonyl (C=O) groups excluding carboxylic acids is 4. The number of benzene rings is 1. The highest BCUT2D eigenvalue weighted by Gasteiger charge is 2.47. The Labute approximate surface area is 205 Å². The molecule has 3 atom stereocenters. The summed E-state index contributed by atoms with van der Waals surface area (Å²) < 4.78 is 20.4. The highest BCUT2D eigenvalue weighted by molar-refractivity contribution is 7.14. The molecule has 188 valence electrons.